The molecule has 1 aromatic heterocycles. The standard InChI is InChI=1S/C22H28N4O4S/c1-5-20(27)26-11-9-16-13-17(6-7-18(16)26)31(29,30)25-21(14(2)3)22(28)24-19-12-15(4)8-10-23-19/h6-8,10,12-14,21,25H,5,9,11H2,1-4H3,(H,23,24,28). The van der Waals surface area contributed by atoms with Crippen LogP contribution in [0.4, 0.5) is 11.5 Å². The Morgan fingerprint density at radius 2 is 1.94 bits per heavy atom. The average Bonchev–Trinajstić information content (AvgIpc) is 3.14. The molecular formula is C22H28N4O4S. The van der Waals surface area contributed by atoms with Crippen LogP contribution in [-0.4, -0.2) is 37.8 Å². The molecule has 0 radical (unpaired) electrons. The monoisotopic (exact) mass is 444 g/mol. The Morgan fingerprint density at radius 3 is 2.58 bits per heavy atom. The molecule has 0 bridgehead atoms. The largest absolute Gasteiger partial charge is 0.312 e. The first-order chi connectivity index (χ1) is 14.6. The number of pyridine rings is 1. The van der Waals surface area contributed by atoms with Crippen molar-refractivity contribution in [2.75, 3.05) is 16.8 Å². The lowest BCUT2D eigenvalue weighted by Crippen LogP contribution is -2.47. The Labute approximate surface area is 183 Å². The van der Waals surface area contributed by atoms with Crippen molar-refractivity contribution in [3.05, 3.63) is 47.7 Å². The molecule has 166 valence electrons. The molecule has 0 spiro atoms. The number of hydrogen-bond donors (Lipinski definition) is 2. The van der Waals surface area contributed by atoms with Crippen LogP contribution in [0.3, 0.4) is 0 Å². The van der Waals surface area contributed by atoms with E-state index in [4.69, 9.17) is 0 Å². The highest BCUT2D eigenvalue weighted by molar-refractivity contribution is 7.89. The zero-order valence-corrected chi connectivity index (χ0v) is 19.0. The Kier molecular flexibility index (Phi) is 6.76. The molecular weight excluding hydrogens is 416 g/mol. The van der Waals surface area contributed by atoms with E-state index in [9.17, 15) is 18.0 Å². The van der Waals surface area contributed by atoms with Crippen LogP contribution in [-0.2, 0) is 26.0 Å². The fourth-order valence-electron chi connectivity index (χ4n) is 3.53. The van der Waals surface area contributed by atoms with Crippen LogP contribution in [0, 0.1) is 12.8 Å². The lowest BCUT2D eigenvalue weighted by atomic mass is 10.1. The average molecular weight is 445 g/mol. The second-order valence-electron chi connectivity index (χ2n) is 7.99. The summed E-state index contributed by atoms with van der Waals surface area (Å²) in [5.41, 5.74) is 2.48. The lowest BCUT2D eigenvalue weighted by molar-refractivity contribution is -0.119. The van der Waals surface area contributed by atoms with Gasteiger partial charge in [0.2, 0.25) is 21.8 Å². The quantitative estimate of drug-likeness (QED) is 0.682. The van der Waals surface area contributed by atoms with E-state index < -0.39 is 22.0 Å². The van der Waals surface area contributed by atoms with E-state index in [1.807, 2.05) is 6.92 Å². The van der Waals surface area contributed by atoms with Gasteiger partial charge in [-0.1, -0.05) is 20.8 Å². The van der Waals surface area contributed by atoms with Crippen LogP contribution in [0.2, 0.25) is 0 Å². The number of carbonyl (C=O) groups is 2. The number of nitrogens with zero attached hydrogens (tertiary/aromatic N) is 2. The summed E-state index contributed by atoms with van der Waals surface area (Å²) in [6.45, 7) is 7.76. The van der Waals surface area contributed by atoms with Gasteiger partial charge in [-0.15, -0.1) is 0 Å². The molecule has 2 aromatic rings. The molecule has 0 saturated carbocycles. The summed E-state index contributed by atoms with van der Waals surface area (Å²) in [4.78, 5) is 30.7. The van der Waals surface area contributed by atoms with Crippen LogP contribution < -0.4 is 14.9 Å². The van der Waals surface area contributed by atoms with E-state index in [0.717, 1.165) is 16.8 Å². The van der Waals surface area contributed by atoms with Gasteiger partial charge in [0.1, 0.15) is 11.9 Å². The van der Waals surface area contributed by atoms with Gasteiger partial charge in [0.25, 0.3) is 0 Å². The molecule has 1 unspecified atom stereocenters. The zero-order valence-electron chi connectivity index (χ0n) is 18.2. The Bertz CT molecular complexity index is 1100. The van der Waals surface area contributed by atoms with Gasteiger partial charge in [0.05, 0.1) is 4.90 Å². The van der Waals surface area contributed by atoms with Gasteiger partial charge in [0.15, 0.2) is 0 Å². The number of amides is 2. The molecule has 0 fully saturated rings. The summed E-state index contributed by atoms with van der Waals surface area (Å²) in [5.74, 6) is -0.383. The van der Waals surface area contributed by atoms with E-state index in [2.05, 4.69) is 15.0 Å². The van der Waals surface area contributed by atoms with Gasteiger partial charge >= 0.3 is 0 Å². The summed E-state index contributed by atoms with van der Waals surface area (Å²) in [6, 6.07) is 7.26. The van der Waals surface area contributed by atoms with Crippen LogP contribution in [0.1, 0.15) is 38.3 Å². The molecule has 2 heterocycles. The summed E-state index contributed by atoms with van der Waals surface area (Å²) < 4.78 is 28.6. The number of nitrogens with one attached hydrogen (secondary N) is 2. The molecule has 1 aliphatic heterocycles. The van der Waals surface area contributed by atoms with Crippen molar-refractivity contribution < 1.29 is 18.0 Å². The van der Waals surface area contributed by atoms with E-state index in [1.165, 1.54) is 6.07 Å². The highest BCUT2D eigenvalue weighted by atomic mass is 32.2. The smallest absolute Gasteiger partial charge is 0.243 e. The molecule has 0 saturated heterocycles. The van der Waals surface area contributed by atoms with E-state index >= 15 is 0 Å². The summed E-state index contributed by atoms with van der Waals surface area (Å²) >= 11 is 0. The fourth-order valence-corrected chi connectivity index (χ4v) is 4.93. The first-order valence-electron chi connectivity index (χ1n) is 10.3. The number of fused-ring (bicyclic) bond motifs is 1. The lowest BCUT2D eigenvalue weighted by Gasteiger charge is -2.22. The van der Waals surface area contributed by atoms with E-state index in [-0.39, 0.29) is 16.7 Å². The second-order valence-corrected chi connectivity index (χ2v) is 9.70. The molecule has 1 atom stereocenters. The van der Waals surface area contributed by atoms with Gasteiger partial charge in [-0.05, 0) is 60.7 Å². The number of aromatic nitrogens is 1. The molecule has 1 aliphatic rings. The molecule has 1 aromatic carbocycles. The topological polar surface area (TPSA) is 108 Å². The van der Waals surface area contributed by atoms with Crippen molar-refractivity contribution >= 4 is 33.3 Å². The number of carbonyl (C=O) groups excluding carboxylic acids is 2. The highest BCUT2D eigenvalue weighted by Crippen LogP contribution is 2.30. The summed E-state index contributed by atoms with van der Waals surface area (Å²) in [5, 5.41) is 2.68. The predicted octanol–water partition coefficient (Wildman–Crippen LogP) is 2.63. The minimum atomic E-state index is -3.95. The SMILES string of the molecule is CCC(=O)N1CCc2cc(S(=O)(=O)NC(C(=O)Nc3cc(C)ccn3)C(C)C)ccc21. The van der Waals surface area contributed by atoms with E-state index in [0.29, 0.717) is 25.2 Å². The van der Waals surface area contributed by atoms with Gasteiger partial charge in [0, 0.05) is 24.8 Å². The van der Waals surface area contributed by atoms with Crippen molar-refractivity contribution in [2.45, 2.75) is 51.5 Å². The zero-order chi connectivity index (χ0) is 22.8. The molecule has 3 rings (SSSR count). The van der Waals surface area contributed by atoms with Crippen LogP contribution in [0.15, 0.2) is 41.4 Å². The van der Waals surface area contributed by atoms with Crippen molar-refractivity contribution in [3.8, 4) is 0 Å². The molecule has 31 heavy (non-hydrogen) atoms. The van der Waals surface area contributed by atoms with Gasteiger partial charge < -0.3 is 10.2 Å². The second kappa shape index (κ2) is 9.15. The minimum Gasteiger partial charge on any atom is -0.312 e. The number of benzene rings is 1. The first-order valence-corrected chi connectivity index (χ1v) is 11.8. The van der Waals surface area contributed by atoms with Gasteiger partial charge in [-0.2, -0.15) is 4.72 Å². The summed E-state index contributed by atoms with van der Waals surface area (Å²) in [7, 11) is -3.95. The Morgan fingerprint density at radius 1 is 1.19 bits per heavy atom. The van der Waals surface area contributed by atoms with Crippen molar-refractivity contribution in [2.24, 2.45) is 5.92 Å². The maximum absolute atomic E-state index is 13.0. The third kappa shape index (κ3) is 5.11. The normalized spacial score (nSPS) is 14.4. The number of sulfonamides is 1. The predicted molar refractivity (Wildman–Crippen MR) is 119 cm³/mol. The van der Waals surface area contributed by atoms with Crippen molar-refractivity contribution in [3.63, 3.8) is 0 Å². The van der Waals surface area contributed by atoms with Crippen LogP contribution in [0.5, 0.6) is 0 Å². The van der Waals surface area contributed by atoms with Crippen molar-refractivity contribution in [1.29, 1.82) is 0 Å². The van der Waals surface area contributed by atoms with Crippen LogP contribution in [0.25, 0.3) is 0 Å². The van der Waals surface area contributed by atoms with Crippen molar-refractivity contribution in [1.82, 2.24) is 9.71 Å². The van der Waals surface area contributed by atoms with E-state index in [1.54, 1.807) is 56.1 Å². The van der Waals surface area contributed by atoms with Gasteiger partial charge in [-0.3, -0.25) is 9.59 Å². The maximum Gasteiger partial charge on any atom is 0.243 e. The van der Waals surface area contributed by atoms with Gasteiger partial charge in [-0.25, -0.2) is 13.4 Å². The van der Waals surface area contributed by atoms with Crippen LogP contribution >= 0.6 is 0 Å². The maximum atomic E-state index is 13.0. The first kappa shape index (κ1) is 22.9. The molecule has 0 aliphatic carbocycles. The number of anilines is 2. The summed E-state index contributed by atoms with van der Waals surface area (Å²) in [6.07, 6.45) is 2.57. The Balaban J connectivity index is 1.80. The third-order valence-corrected chi connectivity index (χ3v) is 6.70. The highest BCUT2D eigenvalue weighted by Gasteiger charge is 2.30. The third-order valence-electron chi connectivity index (χ3n) is 5.26. The molecule has 9 heteroatoms. The number of aryl methyl sites for hydroxylation is 1. The Hall–Kier alpha value is -2.78. The minimum absolute atomic E-state index is 0.00813. The molecule has 2 amide bonds. The fraction of sp³-hybridized carbons (Fsp3) is 0.409. The number of hydrogen-bond acceptors (Lipinski definition) is 5. The molecule has 8 nitrogen and oxygen atoms in total. The number of rotatable bonds is 7. The molecule has 2 N–H and O–H groups in total.